The smallest absolute Gasteiger partial charge is 0.270 e. The van der Waals surface area contributed by atoms with Crippen LogP contribution in [0.2, 0.25) is 15.1 Å². The van der Waals surface area contributed by atoms with Crippen LogP contribution in [0.15, 0.2) is 18.3 Å². The summed E-state index contributed by atoms with van der Waals surface area (Å²) in [5, 5.41) is 8.64. The van der Waals surface area contributed by atoms with Crippen molar-refractivity contribution in [3.8, 4) is 5.69 Å². The highest BCUT2D eigenvalue weighted by Crippen LogP contribution is 2.31. The SMILES string of the molecule is NC(=O)c1cnn(-c2c(Cl)cc(Cl)cc2Cl)n1. The van der Waals surface area contributed by atoms with Crippen molar-refractivity contribution in [2.45, 2.75) is 0 Å². The number of nitrogens with two attached hydrogens (primary N) is 1. The lowest BCUT2D eigenvalue weighted by Crippen LogP contribution is -2.12. The number of aromatic nitrogens is 3. The lowest BCUT2D eigenvalue weighted by molar-refractivity contribution is 0.0995. The van der Waals surface area contributed by atoms with Gasteiger partial charge >= 0.3 is 0 Å². The molecule has 0 aliphatic rings. The van der Waals surface area contributed by atoms with Gasteiger partial charge in [-0.05, 0) is 12.1 Å². The molecule has 0 aliphatic heterocycles. The van der Waals surface area contributed by atoms with Crippen LogP contribution in [-0.4, -0.2) is 20.9 Å². The molecule has 8 heteroatoms. The van der Waals surface area contributed by atoms with E-state index in [0.29, 0.717) is 10.7 Å². The summed E-state index contributed by atoms with van der Waals surface area (Å²) in [6.45, 7) is 0. The first-order valence-corrected chi connectivity index (χ1v) is 5.49. The van der Waals surface area contributed by atoms with E-state index in [0.717, 1.165) is 4.80 Å². The summed E-state index contributed by atoms with van der Waals surface area (Å²) < 4.78 is 0. The normalized spacial score (nSPS) is 10.5. The van der Waals surface area contributed by atoms with Gasteiger partial charge in [-0.15, -0.1) is 9.90 Å². The Bertz CT molecular complexity index is 573. The van der Waals surface area contributed by atoms with Gasteiger partial charge in [-0.1, -0.05) is 34.8 Å². The summed E-state index contributed by atoms with van der Waals surface area (Å²) in [5.41, 5.74) is 5.42. The molecule has 0 aliphatic carbocycles. The molecule has 0 unspecified atom stereocenters. The minimum atomic E-state index is -0.683. The first-order valence-electron chi connectivity index (χ1n) is 4.36. The fourth-order valence-electron chi connectivity index (χ4n) is 1.21. The second-order valence-electron chi connectivity index (χ2n) is 3.10. The number of hydrogen-bond donors (Lipinski definition) is 1. The zero-order valence-corrected chi connectivity index (χ0v) is 10.5. The molecule has 0 fully saturated rings. The Morgan fingerprint density at radius 3 is 2.29 bits per heavy atom. The van der Waals surface area contributed by atoms with Crippen LogP contribution in [0.3, 0.4) is 0 Å². The number of hydrogen-bond acceptors (Lipinski definition) is 3. The first kappa shape index (κ1) is 12.2. The van der Waals surface area contributed by atoms with Crippen LogP contribution < -0.4 is 5.73 Å². The fourth-order valence-corrected chi connectivity index (χ4v) is 2.18. The van der Waals surface area contributed by atoms with Gasteiger partial charge in [-0.3, -0.25) is 4.79 Å². The summed E-state index contributed by atoms with van der Waals surface area (Å²) in [7, 11) is 0. The molecule has 2 rings (SSSR count). The van der Waals surface area contributed by atoms with Crippen molar-refractivity contribution in [2.75, 3.05) is 0 Å². The number of nitrogens with zero attached hydrogens (tertiary/aromatic N) is 3. The standard InChI is InChI=1S/C9H5Cl3N4O/c10-4-1-5(11)8(6(12)2-4)16-14-3-7(15-16)9(13)17/h1-3H,(H2,13,17). The average Bonchev–Trinajstić information content (AvgIpc) is 2.65. The Balaban J connectivity index is 2.56. The Labute approximate surface area is 111 Å². The number of amides is 1. The summed E-state index contributed by atoms with van der Waals surface area (Å²) in [6.07, 6.45) is 1.23. The predicted molar refractivity (Wildman–Crippen MR) is 64.9 cm³/mol. The van der Waals surface area contributed by atoms with Crippen molar-refractivity contribution >= 4 is 40.7 Å². The Hall–Kier alpha value is -1.30. The van der Waals surface area contributed by atoms with Crippen LogP contribution in [-0.2, 0) is 0 Å². The largest absolute Gasteiger partial charge is 0.364 e. The van der Waals surface area contributed by atoms with Gasteiger partial charge < -0.3 is 5.73 Å². The molecule has 5 nitrogen and oxygen atoms in total. The van der Waals surface area contributed by atoms with Gasteiger partial charge in [0.15, 0.2) is 5.69 Å². The third-order valence-electron chi connectivity index (χ3n) is 1.93. The molecule has 88 valence electrons. The summed E-state index contributed by atoms with van der Waals surface area (Å²) >= 11 is 17.7. The number of halogens is 3. The Morgan fingerprint density at radius 1 is 1.24 bits per heavy atom. The maximum Gasteiger partial charge on any atom is 0.270 e. The minimum Gasteiger partial charge on any atom is -0.364 e. The maximum absolute atomic E-state index is 10.9. The summed E-state index contributed by atoms with van der Waals surface area (Å²) in [6, 6.07) is 3.00. The van der Waals surface area contributed by atoms with E-state index in [9.17, 15) is 4.79 Å². The second-order valence-corrected chi connectivity index (χ2v) is 4.35. The molecule has 17 heavy (non-hydrogen) atoms. The maximum atomic E-state index is 10.9. The van der Waals surface area contributed by atoms with Gasteiger partial charge in [0.2, 0.25) is 0 Å². The van der Waals surface area contributed by atoms with Crippen LogP contribution in [0.4, 0.5) is 0 Å². The Kier molecular flexibility index (Phi) is 3.24. The van der Waals surface area contributed by atoms with Gasteiger partial charge in [-0.2, -0.15) is 5.10 Å². The van der Waals surface area contributed by atoms with E-state index in [2.05, 4.69) is 10.2 Å². The van der Waals surface area contributed by atoms with Crippen LogP contribution >= 0.6 is 34.8 Å². The van der Waals surface area contributed by atoms with Crippen LogP contribution in [0, 0.1) is 0 Å². The summed E-state index contributed by atoms with van der Waals surface area (Å²) in [5.74, 6) is -0.683. The zero-order chi connectivity index (χ0) is 12.6. The predicted octanol–water partition coefficient (Wildman–Crippen LogP) is 2.33. The highest BCUT2D eigenvalue weighted by Gasteiger charge is 2.14. The molecule has 2 aromatic rings. The van der Waals surface area contributed by atoms with Gasteiger partial charge in [-0.25, -0.2) is 0 Å². The molecule has 1 heterocycles. The fraction of sp³-hybridized carbons (Fsp3) is 0. The second kappa shape index (κ2) is 4.52. The average molecular weight is 292 g/mol. The van der Waals surface area contributed by atoms with Crippen LogP contribution in [0.1, 0.15) is 10.5 Å². The van der Waals surface area contributed by atoms with Crippen molar-refractivity contribution in [3.63, 3.8) is 0 Å². The third kappa shape index (κ3) is 2.36. The Morgan fingerprint density at radius 2 is 1.82 bits per heavy atom. The molecule has 0 bridgehead atoms. The number of benzene rings is 1. The highest BCUT2D eigenvalue weighted by molar-refractivity contribution is 6.40. The number of rotatable bonds is 2. The third-order valence-corrected chi connectivity index (χ3v) is 2.72. The number of carbonyl (C=O) groups excluding carboxylic acids is 1. The lowest BCUT2D eigenvalue weighted by Gasteiger charge is -2.05. The van der Waals surface area contributed by atoms with E-state index in [4.69, 9.17) is 40.5 Å². The molecule has 2 N–H and O–H groups in total. The van der Waals surface area contributed by atoms with Crippen molar-refractivity contribution in [1.29, 1.82) is 0 Å². The molecule has 1 aromatic heterocycles. The summed E-state index contributed by atoms with van der Waals surface area (Å²) in [4.78, 5) is 12.0. The van der Waals surface area contributed by atoms with E-state index < -0.39 is 5.91 Å². The van der Waals surface area contributed by atoms with E-state index in [1.54, 1.807) is 0 Å². The molecule has 1 aromatic carbocycles. The van der Waals surface area contributed by atoms with Crippen molar-refractivity contribution in [2.24, 2.45) is 5.73 Å². The van der Waals surface area contributed by atoms with E-state index in [-0.39, 0.29) is 15.7 Å². The number of primary amides is 1. The van der Waals surface area contributed by atoms with E-state index in [1.165, 1.54) is 18.3 Å². The van der Waals surface area contributed by atoms with Gasteiger partial charge in [0.25, 0.3) is 5.91 Å². The lowest BCUT2D eigenvalue weighted by atomic mass is 10.3. The molecule has 0 saturated carbocycles. The molecule has 0 spiro atoms. The highest BCUT2D eigenvalue weighted by atomic mass is 35.5. The number of carbonyl (C=O) groups is 1. The van der Waals surface area contributed by atoms with E-state index >= 15 is 0 Å². The van der Waals surface area contributed by atoms with Crippen molar-refractivity contribution in [3.05, 3.63) is 39.1 Å². The van der Waals surface area contributed by atoms with Crippen molar-refractivity contribution in [1.82, 2.24) is 15.0 Å². The molecule has 1 amide bonds. The zero-order valence-electron chi connectivity index (χ0n) is 8.19. The van der Waals surface area contributed by atoms with Gasteiger partial charge in [0, 0.05) is 5.02 Å². The molecule has 0 radical (unpaired) electrons. The monoisotopic (exact) mass is 290 g/mol. The van der Waals surface area contributed by atoms with Crippen molar-refractivity contribution < 1.29 is 4.79 Å². The van der Waals surface area contributed by atoms with Gasteiger partial charge in [0.05, 0.1) is 16.2 Å². The first-order chi connectivity index (χ1) is 7.99. The molecular weight excluding hydrogens is 286 g/mol. The van der Waals surface area contributed by atoms with E-state index in [1.807, 2.05) is 0 Å². The quantitative estimate of drug-likeness (QED) is 0.923. The minimum absolute atomic E-state index is 0.0204. The van der Waals surface area contributed by atoms with Crippen LogP contribution in [0.25, 0.3) is 5.69 Å². The topological polar surface area (TPSA) is 73.8 Å². The molecular formula is C9H5Cl3N4O. The molecule has 0 saturated heterocycles. The van der Waals surface area contributed by atoms with Gasteiger partial charge in [0.1, 0.15) is 5.69 Å². The van der Waals surface area contributed by atoms with Crippen LogP contribution in [0.5, 0.6) is 0 Å². The molecule has 0 atom stereocenters.